The minimum atomic E-state index is -0.550. The average molecular weight is 344 g/mol. The lowest BCUT2D eigenvalue weighted by atomic mass is 10.1. The summed E-state index contributed by atoms with van der Waals surface area (Å²) in [5.74, 6) is 0.451. The summed E-state index contributed by atoms with van der Waals surface area (Å²) in [5, 5.41) is 0. The van der Waals surface area contributed by atoms with Crippen molar-refractivity contribution < 1.29 is 23.8 Å². The summed E-state index contributed by atoms with van der Waals surface area (Å²) < 4.78 is 15.0. The number of methoxy groups -OCH3 is 2. The van der Waals surface area contributed by atoms with E-state index in [-0.39, 0.29) is 12.2 Å². The highest BCUT2D eigenvalue weighted by Gasteiger charge is 2.23. The number of carbonyl (C=O) groups is 2. The number of amides is 1. The van der Waals surface area contributed by atoms with E-state index in [0.717, 1.165) is 6.42 Å². The van der Waals surface area contributed by atoms with Gasteiger partial charge in [-0.2, -0.15) is 0 Å². The summed E-state index contributed by atoms with van der Waals surface area (Å²) in [6, 6.07) is 4.85. The lowest BCUT2D eigenvalue weighted by Crippen LogP contribution is -2.34. The van der Waals surface area contributed by atoms with Crippen LogP contribution in [0.3, 0.4) is 0 Å². The van der Waals surface area contributed by atoms with E-state index in [9.17, 15) is 9.59 Å². The molecule has 0 aliphatic rings. The van der Waals surface area contributed by atoms with Crippen molar-refractivity contribution in [2.45, 2.75) is 19.8 Å². The highest BCUT2D eigenvalue weighted by Crippen LogP contribution is 2.27. The predicted octanol–water partition coefficient (Wildman–Crippen LogP) is 3.46. The zero-order valence-electron chi connectivity index (χ0n) is 13.6. The Hall–Kier alpha value is -1.95. The van der Waals surface area contributed by atoms with Gasteiger partial charge in [0.2, 0.25) is 0 Å². The lowest BCUT2D eigenvalue weighted by molar-refractivity contribution is 0.0601. The number of anilines is 1. The molecule has 1 amide bonds. The maximum absolute atomic E-state index is 12.2. The Kier molecular flexibility index (Phi) is 8.26. The molecule has 0 radical (unpaired) electrons. The Morgan fingerprint density at radius 1 is 1.22 bits per heavy atom. The standard InChI is InChI=1S/C16H22ClNO5/c1-4-23-16(20)18(10-6-5-9-17)14-8-7-12(21-2)11-13(14)15(19)22-3/h7-8,11H,4-6,9-10H2,1-3H3. The molecule has 0 unspecified atom stereocenters. The lowest BCUT2D eigenvalue weighted by Gasteiger charge is -2.24. The third-order valence-electron chi connectivity index (χ3n) is 3.15. The molecule has 6 nitrogen and oxygen atoms in total. The minimum absolute atomic E-state index is 0.241. The second-order valence-electron chi connectivity index (χ2n) is 4.62. The molecule has 0 aliphatic carbocycles. The smallest absolute Gasteiger partial charge is 0.414 e. The second kappa shape index (κ2) is 9.94. The summed E-state index contributed by atoms with van der Waals surface area (Å²) in [6.45, 7) is 2.36. The molecule has 0 bridgehead atoms. The summed E-state index contributed by atoms with van der Waals surface area (Å²) in [6.07, 6.45) is 0.924. The van der Waals surface area contributed by atoms with Gasteiger partial charge in [0, 0.05) is 12.4 Å². The predicted molar refractivity (Wildman–Crippen MR) is 88.7 cm³/mol. The number of hydrogen-bond donors (Lipinski definition) is 0. The van der Waals surface area contributed by atoms with Crippen molar-refractivity contribution in [3.8, 4) is 5.75 Å². The minimum Gasteiger partial charge on any atom is -0.497 e. The highest BCUT2D eigenvalue weighted by atomic mass is 35.5. The topological polar surface area (TPSA) is 65.1 Å². The van der Waals surface area contributed by atoms with Crippen molar-refractivity contribution in [1.29, 1.82) is 0 Å². The first-order chi connectivity index (χ1) is 11.1. The Bertz CT molecular complexity index is 535. The molecule has 0 saturated heterocycles. The largest absolute Gasteiger partial charge is 0.497 e. The molecule has 0 atom stereocenters. The molecule has 1 aromatic carbocycles. The van der Waals surface area contributed by atoms with Gasteiger partial charge in [0.25, 0.3) is 0 Å². The van der Waals surface area contributed by atoms with Gasteiger partial charge in [0.05, 0.1) is 32.1 Å². The number of hydrogen-bond acceptors (Lipinski definition) is 5. The maximum Gasteiger partial charge on any atom is 0.414 e. The van der Waals surface area contributed by atoms with Gasteiger partial charge in [-0.25, -0.2) is 9.59 Å². The van der Waals surface area contributed by atoms with Crippen molar-refractivity contribution in [2.24, 2.45) is 0 Å². The maximum atomic E-state index is 12.2. The van der Waals surface area contributed by atoms with Gasteiger partial charge >= 0.3 is 12.1 Å². The van der Waals surface area contributed by atoms with Crippen molar-refractivity contribution in [3.63, 3.8) is 0 Å². The number of unbranched alkanes of at least 4 members (excludes halogenated alkanes) is 1. The normalized spacial score (nSPS) is 10.1. The molecule has 0 heterocycles. The van der Waals surface area contributed by atoms with Crippen molar-refractivity contribution in [1.82, 2.24) is 0 Å². The van der Waals surface area contributed by atoms with Gasteiger partial charge in [-0.05, 0) is 38.0 Å². The first kappa shape index (κ1) is 19.1. The number of halogens is 1. The van der Waals surface area contributed by atoms with Crippen molar-refractivity contribution in [3.05, 3.63) is 23.8 Å². The number of alkyl halides is 1. The van der Waals surface area contributed by atoms with E-state index in [4.69, 9.17) is 25.8 Å². The molecular formula is C16H22ClNO5. The molecule has 1 aromatic rings. The van der Waals surface area contributed by atoms with Gasteiger partial charge in [0.1, 0.15) is 5.75 Å². The highest BCUT2D eigenvalue weighted by molar-refractivity contribution is 6.17. The summed E-state index contributed by atoms with van der Waals surface area (Å²) in [7, 11) is 2.79. The monoisotopic (exact) mass is 343 g/mol. The third kappa shape index (κ3) is 5.32. The van der Waals surface area contributed by atoms with Crippen LogP contribution in [-0.4, -0.2) is 45.3 Å². The fourth-order valence-electron chi connectivity index (χ4n) is 2.03. The quantitative estimate of drug-likeness (QED) is 0.411. The Morgan fingerprint density at radius 3 is 2.52 bits per heavy atom. The van der Waals surface area contributed by atoms with Crippen LogP contribution in [0.15, 0.2) is 18.2 Å². The molecule has 0 spiro atoms. The van der Waals surface area contributed by atoms with Crippen LogP contribution in [0.2, 0.25) is 0 Å². The van der Waals surface area contributed by atoms with E-state index in [2.05, 4.69) is 0 Å². The molecule has 0 N–H and O–H groups in total. The van der Waals surface area contributed by atoms with Crippen molar-refractivity contribution in [2.75, 3.05) is 38.2 Å². The molecule has 0 aliphatic heterocycles. The summed E-state index contributed by atoms with van der Waals surface area (Å²) in [4.78, 5) is 25.7. The van der Waals surface area contributed by atoms with E-state index in [1.807, 2.05) is 0 Å². The first-order valence-corrected chi connectivity index (χ1v) is 7.89. The zero-order valence-corrected chi connectivity index (χ0v) is 14.4. The van der Waals surface area contributed by atoms with Gasteiger partial charge in [-0.1, -0.05) is 0 Å². The molecule has 128 valence electrons. The number of benzene rings is 1. The number of esters is 1. The Morgan fingerprint density at radius 2 is 1.96 bits per heavy atom. The molecule has 0 saturated carbocycles. The first-order valence-electron chi connectivity index (χ1n) is 7.35. The van der Waals surface area contributed by atoms with Crippen LogP contribution in [0.1, 0.15) is 30.1 Å². The van der Waals surface area contributed by atoms with E-state index < -0.39 is 12.1 Å². The zero-order chi connectivity index (χ0) is 17.2. The Balaban J connectivity index is 3.21. The molecular weight excluding hydrogens is 322 g/mol. The van der Waals surface area contributed by atoms with E-state index in [0.29, 0.717) is 30.3 Å². The van der Waals surface area contributed by atoms with Crippen LogP contribution in [0.25, 0.3) is 0 Å². The van der Waals surface area contributed by atoms with Gasteiger partial charge in [-0.3, -0.25) is 4.90 Å². The van der Waals surface area contributed by atoms with Gasteiger partial charge in [0.15, 0.2) is 0 Å². The van der Waals surface area contributed by atoms with Crippen LogP contribution >= 0.6 is 11.6 Å². The van der Waals surface area contributed by atoms with Crippen LogP contribution in [0, 0.1) is 0 Å². The fraction of sp³-hybridized carbons (Fsp3) is 0.500. The molecule has 0 aromatic heterocycles. The molecule has 1 rings (SSSR count). The number of ether oxygens (including phenoxy) is 3. The number of rotatable bonds is 8. The number of carbonyl (C=O) groups excluding carboxylic acids is 2. The van der Waals surface area contributed by atoms with Gasteiger partial charge in [-0.15, -0.1) is 11.6 Å². The number of nitrogens with zero attached hydrogens (tertiary/aromatic N) is 1. The summed E-state index contributed by atoms with van der Waals surface area (Å²) >= 11 is 5.69. The van der Waals surface area contributed by atoms with Crippen LogP contribution in [-0.2, 0) is 9.47 Å². The SMILES string of the molecule is CCOC(=O)N(CCCCCl)c1ccc(OC)cc1C(=O)OC. The van der Waals surface area contributed by atoms with E-state index in [1.165, 1.54) is 25.2 Å². The Labute approximate surface area is 141 Å². The van der Waals surface area contributed by atoms with Crippen LogP contribution in [0.5, 0.6) is 5.75 Å². The average Bonchev–Trinajstić information content (AvgIpc) is 2.58. The third-order valence-corrected chi connectivity index (χ3v) is 3.42. The summed E-state index contributed by atoms with van der Waals surface area (Å²) in [5.41, 5.74) is 0.663. The second-order valence-corrected chi connectivity index (χ2v) is 5.00. The van der Waals surface area contributed by atoms with E-state index >= 15 is 0 Å². The van der Waals surface area contributed by atoms with Gasteiger partial charge < -0.3 is 14.2 Å². The van der Waals surface area contributed by atoms with Crippen LogP contribution < -0.4 is 9.64 Å². The molecule has 7 heteroatoms. The van der Waals surface area contributed by atoms with E-state index in [1.54, 1.807) is 19.1 Å². The van der Waals surface area contributed by atoms with Crippen molar-refractivity contribution >= 4 is 29.4 Å². The fourth-order valence-corrected chi connectivity index (χ4v) is 2.22. The molecule has 0 fully saturated rings. The van der Waals surface area contributed by atoms with Crippen LogP contribution in [0.4, 0.5) is 10.5 Å². The molecule has 23 heavy (non-hydrogen) atoms.